The molecule has 0 saturated carbocycles. The number of anilines is 1. The molecule has 1 amide bonds. The van der Waals surface area contributed by atoms with Gasteiger partial charge in [-0.3, -0.25) is 9.36 Å². The monoisotopic (exact) mass is 400 g/mol. The lowest BCUT2D eigenvalue weighted by Crippen LogP contribution is -2.30. The first-order valence-electron chi connectivity index (χ1n) is 10.1. The number of hydrogen-bond acceptors (Lipinski definition) is 3. The highest BCUT2D eigenvalue weighted by atomic mass is 16.4. The number of nitrogens with zero attached hydrogens (tertiary/aromatic N) is 2. The van der Waals surface area contributed by atoms with Gasteiger partial charge in [0.25, 0.3) is 0 Å². The Bertz CT molecular complexity index is 1190. The van der Waals surface area contributed by atoms with Crippen LogP contribution in [0.15, 0.2) is 88.1 Å². The van der Waals surface area contributed by atoms with Crippen molar-refractivity contribution >= 4 is 22.7 Å². The quantitative estimate of drug-likeness (QED) is 0.443. The van der Waals surface area contributed by atoms with Gasteiger partial charge in [0, 0.05) is 18.7 Å². The average Bonchev–Trinajstić information content (AvgIpc) is 3.08. The third kappa shape index (κ3) is 4.35. The Kier molecular flexibility index (Phi) is 5.80. The highest BCUT2D eigenvalue weighted by Crippen LogP contribution is 2.20. The van der Waals surface area contributed by atoms with Crippen LogP contribution in [0.3, 0.4) is 0 Å². The molecule has 0 aliphatic heterocycles. The zero-order valence-corrected chi connectivity index (χ0v) is 17.0. The largest absolute Gasteiger partial charge is 0.419 e. The number of fused-ring (bicyclic) bond motifs is 1. The van der Waals surface area contributed by atoms with Crippen LogP contribution in [0.5, 0.6) is 0 Å². The Balaban J connectivity index is 1.49. The van der Waals surface area contributed by atoms with Crippen molar-refractivity contribution in [3.05, 3.63) is 101 Å². The number of amides is 1. The number of oxazole rings is 1. The van der Waals surface area contributed by atoms with Gasteiger partial charge in [0.15, 0.2) is 5.58 Å². The Morgan fingerprint density at radius 3 is 2.40 bits per heavy atom. The minimum absolute atomic E-state index is 0.0311. The molecule has 1 heterocycles. The molecule has 30 heavy (non-hydrogen) atoms. The van der Waals surface area contributed by atoms with Gasteiger partial charge in [0.2, 0.25) is 5.91 Å². The van der Waals surface area contributed by atoms with Crippen molar-refractivity contribution in [2.45, 2.75) is 32.9 Å². The van der Waals surface area contributed by atoms with Gasteiger partial charge < -0.3 is 9.32 Å². The molecule has 1 aromatic heterocycles. The lowest BCUT2D eigenvalue weighted by molar-refractivity contribution is -0.118. The highest BCUT2D eigenvalue weighted by molar-refractivity contribution is 5.93. The fourth-order valence-electron chi connectivity index (χ4n) is 3.56. The molecule has 0 bridgehead atoms. The molecule has 152 valence electrons. The molecular weight excluding hydrogens is 376 g/mol. The Labute approximate surface area is 175 Å². The maximum Gasteiger partial charge on any atom is 0.419 e. The Morgan fingerprint density at radius 1 is 0.933 bits per heavy atom. The van der Waals surface area contributed by atoms with Gasteiger partial charge in [-0.15, -0.1) is 0 Å². The van der Waals surface area contributed by atoms with Crippen LogP contribution in [0.4, 0.5) is 5.69 Å². The molecule has 0 radical (unpaired) electrons. The van der Waals surface area contributed by atoms with Gasteiger partial charge in [0.05, 0.1) is 12.1 Å². The second kappa shape index (κ2) is 8.82. The number of aromatic nitrogens is 1. The number of para-hydroxylation sites is 2. The van der Waals surface area contributed by atoms with Gasteiger partial charge in [-0.05, 0) is 43.2 Å². The Morgan fingerprint density at radius 2 is 1.63 bits per heavy atom. The van der Waals surface area contributed by atoms with Crippen molar-refractivity contribution in [1.82, 2.24) is 4.57 Å². The van der Waals surface area contributed by atoms with Gasteiger partial charge in [-0.2, -0.15) is 0 Å². The molecule has 0 saturated heterocycles. The van der Waals surface area contributed by atoms with Crippen LogP contribution in [-0.2, 0) is 17.9 Å². The second-order valence-electron chi connectivity index (χ2n) is 7.39. The van der Waals surface area contributed by atoms with Crippen LogP contribution in [0.2, 0.25) is 0 Å². The van der Waals surface area contributed by atoms with Crippen molar-refractivity contribution in [1.29, 1.82) is 0 Å². The van der Waals surface area contributed by atoms with E-state index in [2.05, 4.69) is 0 Å². The molecule has 0 spiro atoms. The fraction of sp³-hybridized carbons (Fsp3) is 0.200. The summed E-state index contributed by atoms with van der Waals surface area (Å²) in [5, 5.41) is 0. The first-order chi connectivity index (χ1) is 14.6. The minimum Gasteiger partial charge on any atom is -0.408 e. The summed E-state index contributed by atoms with van der Waals surface area (Å²) in [5.41, 5.74) is 4.43. The van der Waals surface area contributed by atoms with E-state index in [0.717, 1.165) is 22.3 Å². The number of aryl methyl sites for hydroxylation is 2. The van der Waals surface area contributed by atoms with E-state index in [0.29, 0.717) is 31.5 Å². The van der Waals surface area contributed by atoms with Crippen molar-refractivity contribution in [2.24, 2.45) is 0 Å². The zero-order valence-electron chi connectivity index (χ0n) is 17.0. The lowest BCUT2D eigenvalue weighted by Gasteiger charge is -2.23. The van der Waals surface area contributed by atoms with E-state index in [1.165, 1.54) is 0 Å². The van der Waals surface area contributed by atoms with E-state index < -0.39 is 0 Å². The van der Waals surface area contributed by atoms with Crippen LogP contribution < -0.4 is 10.7 Å². The van der Waals surface area contributed by atoms with Gasteiger partial charge in [-0.1, -0.05) is 60.2 Å². The standard InChI is InChI=1S/C25H24N2O3/c1-19-13-15-21(16-14-19)27(18-20-8-3-2-4-9-20)24(28)12-7-17-26-22-10-5-6-11-23(22)30-25(26)29/h2-6,8-11,13-16H,7,12,17-18H2,1H3. The molecule has 0 unspecified atom stereocenters. The van der Waals surface area contributed by atoms with Gasteiger partial charge in [-0.25, -0.2) is 4.79 Å². The number of carbonyl (C=O) groups is 1. The van der Waals surface area contributed by atoms with Crippen molar-refractivity contribution in [3.63, 3.8) is 0 Å². The summed E-state index contributed by atoms with van der Waals surface area (Å²) in [6.45, 7) is 2.98. The van der Waals surface area contributed by atoms with E-state index in [9.17, 15) is 9.59 Å². The van der Waals surface area contributed by atoms with Crippen molar-refractivity contribution in [2.75, 3.05) is 4.90 Å². The van der Waals surface area contributed by atoms with Crippen LogP contribution in [0.25, 0.3) is 11.1 Å². The van der Waals surface area contributed by atoms with Crippen LogP contribution >= 0.6 is 0 Å². The normalized spacial score (nSPS) is 11.0. The first-order valence-corrected chi connectivity index (χ1v) is 10.1. The predicted octanol–water partition coefficient (Wildman–Crippen LogP) is 4.92. The smallest absolute Gasteiger partial charge is 0.408 e. The number of benzene rings is 3. The van der Waals surface area contributed by atoms with E-state index in [1.807, 2.05) is 84.6 Å². The Hall–Kier alpha value is -3.60. The van der Waals surface area contributed by atoms with Gasteiger partial charge >= 0.3 is 5.76 Å². The molecular formula is C25H24N2O3. The van der Waals surface area contributed by atoms with E-state index in [4.69, 9.17) is 4.42 Å². The summed E-state index contributed by atoms with van der Waals surface area (Å²) >= 11 is 0. The number of hydrogen-bond donors (Lipinski definition) is 0. The van der Waals surface area contributed by atoms with E-state index in [-0.39, 0.29) is 11.7 Å². The van der Waals surface area contributed by atoms with Gasteiger partial charge in [0.1, 0.15) is 0 Å². The minimum atomic E-state index is -0.386. The first kappa shape index (κ1) is 19.7. The summed E-state index contributed by atoms with van der Waals surface area (Å²) < 4.78 is 6.87. The maximum atomic E-state index is 13.1. The SMILES string of the molecule is Cc1ccc(N(Cc2ccccc2)C(=O)CCCn2c(=O)oc3ccccc32)cc1. The summed E-state index contributed by atoms with van der Waals surface area (Å²) in [5.74, 6) is -0.355. The van der Waals surface area contributed by atoms with Crippen molar-refractivity contribution in [3.8, 4) is 0 Å². The topological polar surface area (TPSA) is 55.5 Å². The molecule has 4 aromatic rings. The molecule has 0 N–H and O–H groups in total. The van der Waals surface area contributed by atoms with E-state index >= 15 is 0 Å². The third-order valence-electron chi connectivity index (χ3n) is 5.18. The van der Waals surface area contributed by atoms with Crippen molar-refractivity contribution < 1.29 is 9.21 Å². The van der Waals surface area contributed by atoms with Crippen LogP contribution in [-0.4, -0.2) is 10.5 Å². The number of rotatable bonds is 7. The summed E-state index contributed by atoms with van der Waals surface area (Å²) in [7, 11) is 0. The average molecular weight is 400 g/mol. The highest BCUT2D eigenvalue weighted by Gasteiger charge is 2.17. The molecule has 5 heteroatoms. The molecule has 5 nitrogen and oxygen atoms in total. The molecule has 0 fully saturated rings. The lowest BCUT2D eigenvalue weighted by atomic mass is 10.1. The number of carbonyl (C=O) groups excluding carboxylic acids is 1. The fourth-order valence-corrected chi connectivity index (χ4v) is 3.56. The molecule has 0 aliphatic rings. The molecule has 3 aromatic carbocycles. The summed E-state index contributed by atoms with van der Waals surface area (Å²) in [6, 6.07) is 25.3. The van der Waals surface area contributed by atoms with E-state index in [1.54, 1.807) is 10.6 Å². The van der Waals surface area contributed by atoms with Crippen LogP contribution in [0, 0.1) is 6.92 Å². The predicted molar refractivity (Wildman–Crippen MR) is 119 cm³/mol. The molecule has 0 aliphatic carbocycles. The van der Waals surface area contributed by atoms with Crippen LogP contribution in [0.1, 0.15) is 24.0 Å². The zero-order chi connectivity index (χ0) is 20.9. The third-order valence-corrected chi connectivity index (χ3v) is 5.18. The molecule has 4 rings (SSSR count). The maximum absolute atomic E-state index is 13.1. The summed E-state index contributed by atoms with van der Waals surface area (Å²) in [6.07, 6.45) is 0.895. The second-order valence-corrected chi connectivity index (χ2v) is 7.39. The summed E-state index contributed by atoms with van der Waals surface area (Å²) in [4.78, 5) is 27.1. The molecule has 0 atom stereocenters.